The molecule has 2 rings (SSSR count). The van der Waals surface area contributed by atoms with Crippen LogP contribution in [0.5, 0.6) is 0 Å². The summed E-state index contributed by atoms with van der Waals surface area (Å²) in [6.45, 7) is 6.67. The van der Waals surface area contributed by atoms with Gasteiger partial charge in [0.25, 0.3) is 0 Å². The van der Waals surface area contributed by atoms with Crippen LogP contribution in [0.2, 0.25) is 5.22 Å². The first-order valence-electron chi connectivity index (χ1n) is 6.11. The predicted octanol–water partition coefficient (Wildman–Crippen LogP) is 2.93. The van der Waals surface area contributed by atoms with Gasteiger partial charge in [-0.3, -0.25) is 4.68 Å². The van der Waals surface area contributed by atoms with Crippen molar-refractivity contribution in [3.63, 3.8) is 0 Å². The van der Waals surface area contributed by atoms with E-state index in [2.05, 4.69) is 23.4 Å². The molecule has 0 spiro atoms. The molecule has 4 nitrogen and oxygen atoms in total. The minimum atomic E-state index is 0.439. The van der Waals surface area contributed by atoms with Crippen molar-refractivity contribution in [2.24, 2.45) is 0 Å². The number of nitrogens with zero attached hydrogens (tertiary/aromatic N) is 2. The summed E-state index contributed by atoms with van der Waals surface area (Å²) in [6.07, 6.45) is 1.04. The van der Waals surface area contributed by atoms with Crippen molar-refractivity contribution >= 4 is 11.6 Å². The Kier molecular flexibility index (Phi) is 4.44. The summed E-state index contributed by atoms with van der Waals surface area (Å²) in [5.74, 6) is 0.867. The maximum atomic E-state index is 5.69. The monoisotopic (exact) mass is 267 g/mol. The third-order valence-electron chi connectivity index (χ3n) is 2.75. The molecule has 0 radical (unpaired) electrons. The van der Waals surface area contributed by atoms with E-state index in [9.17, 15) is 0 Å². The lowest BCUT2D eigenvalue weighted by molar-refractivity contribution is 0.471. The molecule has 0 fully saturated rings. The molecule has 0 aliphatic heterocycles. The number of rotatable bonds is 6. The molecular formula is C13H18ClN3O. The maximum Gasteiger partial charge on any atom is 0.193 e. The summed E-state index contributed by atoms with van der Waals surface area (Å²) in [4.78, 5) is 0. The van der Waals surface area contributed by atoms with Crippen LogP contribution in [0.4, 0.5) is 0 Å². The van der Waals surface area contributed by atoms with Crippen LogP contribution in [0.25, 0.3) is 0 Å². The van der Waals surface area contributed by atoms with Gasteiger partial charge in [0.05, 0.1) is 12.2 Å². The molecule has 0 aliphatic rings. The Morgan fingerprint density at radius 1 is 1.39 bits per heavy atom. The topological polar surface area (TPSA) is 43.0 Å². The number of aryl methyl sites for hydroxylation is 3. The zero-order chi connectivity index (χ0) is 13.0. The minimum absolute atomic E-state index is 0.439. The highest BCUT2D eigenvalue weighted by atomic mass is 35.5. The van der Waals surface area contributed by atoms with E-state index in [0.29, 0.717) is 11.8 Å². The van der Waals surface area contributed by atoms with Gasteiger partial charge < -0.3 is 9.73 Å². The van der Waals surface area contributed by atoms with Crippen LogP contribution in [0.15, 0.2) is 22.6 Å². The molecule has 0 saturated heterocycles. The van der Waals surface area contributed by atoms with Crippen molar-refractivity contribution in [1.29, 1.82) is 0 Å². The number of halogens is 1. The molecule has 0 atom stereocenters. The van der Waals surface area contributed by atoms with Gasteiger partial charge in [-0.05, 0) is 56.6 Å². The van der Waals surface area contributed by atoms with E-state index in [4.69, 9.17) is 16.0 Å². The molecule has 0 aliphatic carbocycles. The smallest absolute Gasteiger partial charge is 0.193 e. The first-order valence-corrected chi connectivity index (χ1v) is 6.49. The molecule has 98 valence electrons. The Balaban J connectivity index is 1.66. The molecule has 2 aromatic rings. The molecule has 0 aromatic carbocycles. The van der Waals surface area contributed by atoms with Crippen LogP contribution < -0.4 is 5.32 Å². The SMILES string of the molecule is Cc1cc(C)n(CCCNCc2ccc(Cl)o2)n1. The highest BCUT2D eigenvalue weighted by Crippen LogP contribution is 2.12. The van der Waals surface area contributed by atoms with Crippen LogP contribution in [-0.4, -0.2) is 16.3 Å². The van der Waals surface area contributed by atoms with Crippen LogP contribution >= 0.6 is 11.6 Å². The fourth-order valence-electron chi connectivity index (χ4n) is 1.91. The van der Waals surface area contributed by atoms with Gasteiger partial charge in [0.15, 0.2) is 5.22 Å². The lowest BCUT2D eigenvalue weighted by Gasteiger charge is -2.05. The maximum absolute atomic E-state index is 5.69. The van der Waals surface area contributed by atoms with E-state index in [1.54, 1.807) is 6.07 Å². The Morgan fingerprint density at radius 3 is 2.83 bits per heavy atom. The average Bonchev–Trinajstić information content (AvgIpc) is 2.85. The lowest BCUT2D eigenvalue weighted by atomic mass is 10.3. The standard InChI is InChI=1S/C13H18ClN3O/c1-10-8-11(2)17(16-10)7-3-6-15-9-12-4-5-13(14)18-12/h4-5,8,15H,3,6-7,9H2,1-2H3. The predicted molar refractivity (Wildman–Crippen MR) is 71.7 cm³/mol. The van der Waals surface area contributed by atoms with E-state index >= 15 is 0 Å². The first kappa shape index (κ1) is 13.2. The highest BCUT2D eigenvalue weighted by molar-refractivity contribution is 6.28. The summed E-state index contributed by atoms with van der Waals surface area (Å²) in [5, 5.41) is 8.18. The number of furan rings is 1. The second-order valence-electron chi connectivity index (χ2n) is 4.39. The molecule has 0 amide bonds. The van der Waals surface area contributed by atoms with Gasteiger partial charge >= 0.3 is 0 Å². The van der Waals surface area contributed by atoms with Gasteiger partial charge in [0.2, 0.25) is 0 Å². The lowest BCUT2D eigenvalue weighted by Crippen LogP contribution is -2.16. The van der Waals surface area contributed by atoms with Gasteiger partial charge in [-0.15, -0.1) is 0 Å². The number of hydrogen-bond acceptors (Lipinski definition) is 3. The summed E-state index contributed by atoms with van der Waals surface area (Å²) in [6, 6.07) is 5.74. The van der Waals surface area contributed by atoms with E-state index < -0.39 is 0 Å². The van der Waals surface area contributed by atoms with Crippen molar-refractivity contribution in [3.05, 3.63) is 40.6 Å². The van der Waals surface area contributed by atoms with Gasteiger partial charge in [-0.1, -0.05) is 0 Å². The van der Waals surface area contributed by atoms with Crippen molar-refractivity contribution < 1.29 is 4.42 Å². The molecule has 18 heavy (non-hydrogen) atoms. The van der Waals surface area contributed by atoms with E-state index in [-0.39, 0.29) is 0 Å². The van der Waals surface area contributed by atoms with Gasteiger partial charge in [-0.25, -0.2) is 0 Å². The Morgan fingerprint density at radius 2 is 2.22 bits per heavy atom. The second kappa shape index (κ2) is 6.07. The Bertz CT molecular complexity index is 504. The Labute approximate surface area is 112 Å². The quantitative estimate of drug-likeness (QED) is 0.819. The molecule has 0 bridgehead atoms. The summed E-state index contributed by atoms with van der Waals surface area (Å²) >= 11 is 5.69. The first-order chi connectivity index (χ1) is 8.65. The van der Waals surface area contributed by atoms with Gasteiger partial charge in [-0.2, -0.15) is 5.10 Å². The van der Waals surface area contributed by atoms with Crippen LogP contribution in [0.3, 0.4) is 0 Å². The fourth-order valence-corrected chi connectivity index (χ4v) is 2.08. The zero-order valence-electron chi connectivity index (χ0n) is 10.7. The molecule has 0 unspecified atom stereocenters. The summed E-state index contributed by atoms with van der Waals surface area (Å²) < 4.78 is 7.30. The third-order valence-corrected chi connectivity index (χ3v) is 2.96. The minimum Gasteiger partial charge on any atom is -0.448 e. The molecule has 2 heterocycles. The van der Waals surface area contributed by atoms with E-state index in [1.807, 2.05) is 17.7 Å². The largest absolute Gasteiger partial charge is 0.448 e. The van der Waals surface area contributed by atoms with E-state index in [0.717, 1.165) is 31.0 Å². The highest BCUT2D eigenvalue weighted by Gasteiger charge is 2.01. The number of nitrogens with one attached hydrogen (secondary N) is 1. The number of aromatic nitrogens is 2. The number of hydrogen-bond donors (Lipinski definition) is 1. The van der Waals surface area contributed by atoms with Crippen molar-refractivity contribution in [3.8, 4) is 0 Å². The van der Waals surface area contributed by atoms with Gasteiger partial charge in [0.1, 0.15) is 5.76 Å². The summed E-state index contributed by atoms with van der Waals surface area (Å²) in [5.41, 5.74) is 2.29. The van der Waals surface area contributed by atoms with Crippen LogP contribution in [-0.2, 0) is 13.1 Å². The second-order valence-corrected chi connectivity index (χ2v) is 4.76. The van der Waals surface area contributed by atoms with Crippen LogP contribution in [0.1, 0.15) is 23.6 Å². The van der Waals surface area contributed by atoms with Crippen molar-refractivity contribution in [2.75, 3.05) is 6.54 Å². The average molecular weight is 268 g/mol. The van der Waals surface area contributed by atoms with E-state index in [1.165, 1.54) is 5.69 Å². The molecular weight excluding hydrogens is 250 g/mol. The normalized spacial score (nSPS) is 11.1. The van der Waals surface area contributed by atoms with Crippen molar-refractivity contribution in [1.82, 2.24) is 15.1 Å². The summed E-state index contributed by atoms with van der Waals surface area (Å²) in [7, 11) is 0. The van der Waals surface area contributed by atoms with Crippen molar-refractivity contribution in [2.45, 2.75) is 33.4 Å². The molecule has 1 N–H and O–H groups in total. The van der Waals surface area contributed by atoms with Crippen LogP contribution in [0, 0.1) is 13.8 Å². The molecule has 5 heteroatoms. The zero-order valence-corrected chi connectivity index (χ0v) is 11.5. The fraction of sp³-hybridized carbons (Fsp3) is 0.462. The van der Waals surface area contributed by atoms with Gasteiger partial charge in [0, 0.05) is 12.2 Å². The third kappa shape index (κ3) is 3.62. The molecule has 2 aromatic heterocycles. The Hall–Kier alpha value is -1.26. The molecule has 0 saturated carbocycles.